The van der Waals surface area contributed by atoms with Crippen LogP contribution in [-0.2, 0) is 6.54 Å². The summed E-state index contributed by atoms with van der Waals surface area (Å²) in [5.41, 5.74) is -1.56. The molecule has 0 aliphatic heterocycles. The van der Waals surface area contributed by atoms with E-state index in [2.05, 4.69) is 15.9 Å². The Kier molecular flexibility index (Phi) is 3.42. The summed E-state index contributed by atoms with van der Waals surface area (Å²) in [5, 5.41) is 0. The minimum atomic E-state index is -0.746. The predicted octanol–water partition coefficient (Wildman–Crippen LogP) is 1.63. The van der Waals surface area contributed by atoms with Crippen LogP contribution in [0.5, 0.6) is 0 Å². The summed E-state index contributed by atoms with van der Waals surface area (Å²) in [6.45, 7) is -0.299. The Hall–Kier alpha value is -1.76. The van der Waals surface area contributed by atoms with Crippen LogP contribution in [0, 0.1) is 11.6 Å². The van der Waals surface area contributed by atoms with Crippen LogP contribution in [0.4, 0.5) is 8.78 Å². The van der Waals surface area contributed by atoms with E-state index in [-0.39, 0.29) is 16.6 Å². The van der Waals surface area contributed by atoms with Gasteiger partial charge in [0.25, 0.3) is 5.56 Å². The lowest BCUT2D eigenvalue weighted by atomic mass is 10.2. The van der Waals surface area contributed by atoms with Crippen LogP contribution in [0.2, 0.25) is 0 Å². The second-order valence-electron chi connectivity index (χ2n) is 3.56. The smallest absolute Gasteiger partial charge is 0.295 e. The molecule has 0 amide bonds. The van der Waals surface area contributed by atoms with E-state index in [0.717, 1.165) is 16.7 Å². The van der Waals surface area contributed by atoms with Gasteiger partial charge in [-0.15, -0.1) is 0 Å². The zero-order valence-corrected chi connectivity index (χ0v) is 10.5. The monoisotopic (exact) mass is 316 g/mol. The number of halogens is 3. The number of H-pyrrole nitrogens is 1. The first kappa shape index (κ1) is 12.7. The number of nitrogens with zero attached hydrogens (tertiary/aromatic N) is 1. The molecule has 0 bridgehead atoms. The summed E-state index contributed by atoms with van der Waals surface area (Å²) >= 11 is 2.94. The third-order valence-electron chi connectivity index (χ3n) is 2.36. The summed E-state index contributed by atoms with van der Waals surface area (Å²) in [7, 11) is 0. The molecular formula is C11H7BrF2N2O2. The van der Waals surface area contributed by atoms with Gasteiger partial charge < -0.3 is 0 Å². The lowest BCUT2D eigenvalue weighted by Crippen LogP contribution is -2.30. The highest BCUT2D eigenvalue weighted by atomic mass is 79.9. The molecule has 0 unspecified atom stereocenters. The van der Waals surface area contributed by atoms with Gasteiger partial charge >= 0.3 is 5.69 Å². The first-order chi connectivity index (χ1) is 8.49. The Balaban J connectivity index is 2.50. The Labute approximate surface area is 108 Å². The number of rotatable bonds is 2. The third-order valence-corrected chi connectivity index (χ3v) is 2.92. The van der Waals surface area contributed by atoms with Crippen LogP contribution in [0.15, 0.2) is 38.5 Å². The topological polar surface area (TPSA) is 54.9 Å². The third kappa shape index (κ3) is 2.40. The largest absolute Gasteiger partial charge is 0.328 e. The molecule has 18 heavy (non-hydrogen) atoms. The molecule has 94 valence electrons. The molecule has 0 saturated carbocycles. The zero-order chi connectivity index (χ0) is 13.3. The molecule has 1 N–H and O–H groups in total. The number of aromatic amines is 1. The van der Waals surface area contributed by atoms with Crippen LogP contribution in [0.1, 0.15) is 5.56 Å². The maximum atomic E-state index is 13.4. The molecule has 0 aliphatic rings. The fourth-order valence-corrected chi connectivity index (χ4v) is 1.80. The standard InChI is InChI=1S/C11H7BrF2N2O2/c12-7-5-16(11(18)15-10(7)17)4-6-8(13)2-1-3-9(6)14/h1-3,5H,4H2,(H,15,17,18). The molecule has 0 saturated heterocycles. The fraction of sp³-hybridized carbons (Fsp3) is 0.0909. The van der Waals surface area contributed by atoms with Crippen LogP contribution < -0.4 is 11.2 Å². The molecule has 4 nitrogen and oxygen atoms in total. The second kappa shape index (κ2) is 4.85. The van der Waals surface area contributed by atoms with Crippen molar-refractivity contribution < 1.29 is 8.78 Å². The second-order valence-corrected chi connectivity index (χ2v) is 4.42. The van der Waals surface area contributed by atoms with Gasteiger partial charge in [0.2, 0.25) is 0 Å². The van der Waals surface area contributed by atoms with Gasteiger partial charge in [-0.2, -0.15) is 0 Å². The molecular weight excluding hydrogens is 310 g/mol. The summed E-state index contributed by atoms with van der Waals surface area (Å²) in [6.07, 6.45) is 1.19. The van der Waals surface area contributed by atoms with E-state index in [4.69, 9.17) is 0 Å². The molecule has 1 aromatic heterocycles. The molecule has 1 heterocycles. The maximum absolute atomic E-state index is 13.4. The van der Waals surface area contributed by atoms with Gasteiger partial charge in [0, 0.05) is 11.8 Å². The van der Waals surface area contributed by atoms with Gasteiger partial charge in [-0.1, -0.05) is 6.07 Å². The number of aromatic nitrogens is 2. The first-order valence-corrected chi connectivity index (χ1v) is 5.70. The van der Waals surface area contributed by atoms with Crippen molar-refractivity contribution >= 4 is 15.9 Å². The molecule has 0 aliphatic carbocycles. The molecule has 2 rings (SSSR count). The van der Waals surface area contributed by atoms with E-state index in [1.807, 2.05) is 4.98 Å². The molecule has 0 atom stereocenters. The lowest BCUT2D eigenvalue weighted by Gasteiger charge is -2.07. The van der Waals surface area contributed by atoms with Crippen molar-refractivity contribution in [3.8, 4) is 0 Å². The van der Waals surface area contributed by atoms with E-state index in [1.54, 1.807) is 0 Å². The Morgan fingerprint density at radius 1 is 1.22 bits per heavy atom. The fourth-order valence-electron chi connectivity index (χ4n) is 1.45. The van der Waals surface area contributed by atoms with E-state index < -0.39 is 22.9 Å². The van der Waals surface area contributed by atoms with Gasteiger partial charge in [-0.05, 0) is 28.1 Å². The Morgan fingerprint density at radius 3 is 2.44 bits per heavy atom. The normalized spacial score (nSPS) is 10.6. The predicted molar refractivity (Wildman–Crippen MR) is 64.5 cm³/mol. The summed E-state index contributed by atoms with van der Waals surface area (Å²) in [5.74, 6) is -1.49. The van der Waals surface area contributed by atoms with Crippen molar-refractivity contribution in [1.29, 1.82) is 0 Å². The van der Waals surface area contributed by atoms with Crippen molar-refractivity contribution in [1.82, 2.24) is 9.55 Å². The zero-order valence-electron chi connectivity index (χ0n) is 8.91. The molecule has 0 spiro atoms. The number of benzene rings is 1. The highest BCUT2D eigenvalue weighted by Gasteiger charge is 2.10. The first-order valence-electron chi connectivity index (χ1n) is 4.91. The van der Waals surface area contributed by atoms with Gasteiger partial charge in [-0.3, -0.25) is 14.3 Å². The van der Waals surface area contributed by atoms with Crippen molar-refractivity contribution in [2.24, 2.45) is 0 Å². The van der Waals surface area contributed by atoms with Gasteiger partial charge in [0.05, 0.1) is 11.0 Å². The van der Waals surface area contributed by atoms with E-state index >= 15 is 0 Å². The van der Waals surface area contributed by atoms with Crippen molar-refractivity contribution in [3.05, 3.63) is 66.9 Å². The highest BCUT2D eigenvalue weighted by molar-refractivity contribution is 9.10. The number of hydrogen-bond acceptors (Lipinski definition) is 2. The maximum Gasteiger partial charge on any atom is 0.328 e. The molecule has 2 aromatic rings. The lowest BCUT2D eigenvalue weighted by molar-refractivity contribution is 0.538. The van der Waals surface area contributed by atoms with E-state index in [0.29, 0.717) is 0 Å². The average molecular weight is 317 g/mol. The van der Waals surface area contributed by atoms with Crippen LogP contribution in [0.3, 0.4) is 0 Å². The van der Waals surface area contributed by atoms with Gasteiger partial charge in [-0.25, -0.2) is 13.6 Å². The van der Waals surface area contributed by atoms with Crippen molar-refractivity contribution in [3.63, 3.8) is 0 Å². The number of nitrogens with one attached hydrogen (secondary N) is 1. The molecule has 7 heteroatoms. The minimum absolute atomic E-state index is 0.110. The van der Waals surface area contributed by atoms with Gasteiger partial charge in [0.15, 0.2) is 0 Å². The summed E-state index contributed by atoms with van der Waals surface area (Å²) in [4.78, 5) is 24.6. The SMILES string of the molecule is O=c1[nH]c(=O)n(Cc2c(F)cccc2F)cc1Br. The highest BCUT2D eigenvalue weighted by Crippen LogP contribution is 2.13. The van der Waals surface area contributed by atoms with Crippen molar-refractivity contribution in [2.45, 2.75) is 6.54 Å². The van der Waals surface area contributed by atoms with Crippen LogP contribution >= 0.6 is 15.9 Å². The average Bonchev–Trinajstić information content (AvgIpc) is 2.30. The summed E-state index contributed by atoms with van der Waals surface area (Å²) in [6, 6.07) is 3.44. The summed E-state index contributed by atoms with van der Waals surface area (Å²) < 4.78 is 27.9. The Morgan fingerprint density at radius 2 is 1.83 bits per heavy atom. The number of hydrogen-bond donors (Lipinski definition) is 1. The van der Waals surface area contributed by atoms with E-state index in [9.17, 15) is 18.4 Å². The van der Waals surface area contributed by atoms with Crippen molar-refractivity contribution in [2.75, 3.05) is 0 Å². The van der Waals surface area contributed by atoms with E-state index in [1.165, 1.54) is 12.3 Å². The Bertz CT molecular complexity index is 689. The quantitative estimate of drug-likeness (QED) is 0.915. The van der Waals surface area contributed by atoms with Crippen LogP contribution in [0.25, 0.3) is 0 Å². The van der Waals surface area contributed by atoms with Crippen LogP contribution in [-0.4, -0.2) is 9.55 Å². The van der Waals surface area contributed by atoms with Gasteiger partial charge in [0.1, 0.15) is 11.6 Å². The minimum Gasteiger partial charge on any atom is -0.295 e. The molecule has 0 radical (unpaired) electrons. The molecule has 0 fully saturated rings. The molecule has 1 aromatic carbocycles.